The van der Waals surface area contributed by atoms with Gasteiger partial charge in [-0.2, -0.15) is 13.2 Å². The number of alkyl halides is 3. The summed E-state index contributed by atoms with van der Waals surface area (Å²) < 4.78 is 42.5. The summed E-state index contributed by atoms with van der Waals surface area (Å²) >= 11 is 0. The smallest absolute Gasteiger partial charge is 0.380 e. The molecule has 1 aliphatic rings. The maximum atomic E-state index is 12.9. The van der Waals surface area contributed by atoms with Crippen LogP contribution in [0.3, 0.4) is 0 Å². The first-order chi connectivity index (χ1) is 12.0. The van der Waals surface area contributed by atoms with Crippen molar-refractivity contribution < 1.29 is 18.3 Å². The maximum absolute atomic E-state index is 12.9. The van der Waals surface area contributed by atoms with E-state index in [1.165, 1.54) is 22.5 Å². The zero-order valence-electron chi connectivity index (χ0n) is 14.6. The molecule has 0 radical (unpaired) electrons. The highest BCUT2D eigenvalue weighted by Crippen LogP contribution is 2.43. The molecule has 0 bridgehead atoms. The molecule has 0 saturated heterocycles. The zero-order chi connectivity index (χ0) is 19.3. The molecule has 0 aliphatic heterocycles. The second kappa shape index (κ2) is 6.26. The molecule has 144 valence electrons. The topological polar surface area (TPSA) is 82.1 Å². The predicted octanol–water partition coefficient (Wildman–Crippen LogP) is 1.31. The predicted molar refractivity (Wildman–Crippen MR) is 87.8 cm³/mol. The van der Waals surface area contributed by atoms with Crippen LogP contribution in [0, 0.1) is 5.92 Å². The highest BCUT2D eigenvalue weighted by Gasteiger charge is 2.54. The van der Waals surface area contributed by atoms with Crippen LogP contribution < -0.4 is 11.2 Å². The van der Waals surface area contributed by atoms with Gasteiger partial charge in [-0.15, -0.1) is 0 Å². The first kappa shape index (κ1) is 18.7. The lowest BCUT2D eigenvalue weighted by Gasteiger charge is -2.37. The van der Waals surface area contributed by atoms with E-state index < -0.39 is 23.0 Å². The number of aromatic nitrogens is 4. The fraction of sp³-hybridized carbons (Fsp3) is 0.688. The number of imidazole rings is 1. The lowest BCUT2D eigenvalue weighted by Crippen LogP contribution is -2.48. The first-order valence-electron chi connectivity index (χ1n) is 8.45. The van der Waals surface area contributed by atoms with Crippen LogP contribution in [0.25, 0.3) is 11.2 Å². The van der Waals surface area contributed by atoms with E-state index in [0.717, 1.165) is 4.57 Å². The molecule has 0 aromatic carbocycles. The second-order valence-corrected chi connectivity index (χ2v) is 7.09. The van der Waals surface area contributed by atoms with Crippen LogP contribution >= 0.6 is 0 Å². The Balaban J connectivity index is 1.77. The Hall–Kier alpha value is -2.10. The number of rotatable bonds is 3. The van der Waals surface area contributed by atoms with Gasteiger partial charge >= 0.3 is 11.9 Å². The Bertz CT molecular complexity index is 933. The monoisotopic (exact) mass is 374 g/mol. The summed E-state index contributed by atoms with van der Waals surface area (Å²) in [6.45, 7) is 0.127. The average molecular weight is 374 g/mol. The summed E-state index contributed by atoms with van der Waals surface area (Å²) in [4.78, 5) is 29.0. The summed E-state index contributed by atoms with van der Waals surface area (Å²) in [5.74, 6) is -0.0727. The molecule has 1 saturated carbocycles. The molecule has 2 aromatic rings. The van der Waals surface area contributed by atoms with Gasteiger partial charge in [0.05, 0.1) is 6.33 Å². The number of aliphatic hydroxyl groups is 1. The highest BCUT2D eigenvalue weighted by atomic mass is 19.4. The Morgan fingerprint density at radius 1 is 1.27 bits per heavy atom. The molecule has 1 fully saturated rings. The lowest BCUT2D eigenvalue weighted by molar-refractivity contribution is -0.272. The summed E-state index contributed by atoms with van der Waals surface area (Å²) in [5.41, 5.74) is -2.97. The van der Waals surface area contributed by atoms with Crippen molar-refractivity contribution in [3.8, 4) is 0 Å². The second-order valence-electron chi connectivity index (χ2n) is 7.09. The average Bonchev–Trinajstić information content (AvgIpc) is 2.95. The van der Waals surface area contributed by atoms with Gasteiger partial charge in [0.15, 0.2) is 16.8 Å². The van der Waals surface area contributed by atoms with Crippen molar-refractivity contribution in [3.05, 3.63) is 27.2 Å². The fourth-order valence-electron chi connectivity index (χ4n) is 3.63. The maximum Gasteiger partial charge on any atom is 0.417 e. The van der Waals surface area contributed by atoms with Gasteiger partial charge in [-0.1, -0.05) is 0 Å². The van der Waals surface area contributed by atoms with Crippen molar-refractivity contribution in [2.75, 3.05) is 0 Å². The molecular formula is C16H21F3N4O3. The molecule has 10 heteroatoms. The highest BCUT2D eigenvalue weighted by molar-refractivity contribution is 5.69. The number of halogens is 3. The van der Waals surface area contributed by atoms with Crippen LogP contribution in [0.4, 0.5) is 13.2 Å². The summed E-state index contributed by atoms with van der Waals surface area (Å²) in [6.07, 6.45) is -3.06. The van der Waals surface area contributed by atoms with E-state index >= 15 is 0 Å². The van der Waals surface area contributed by atoms with Crippen LogP contribution in [0.5, 0.6) is 0 Å². The third-order valence-electron chi connectivity index (χ3n) is 5.42. The van der Waals surface area contributed by atoms with Crippen molar-refractivity contribution in [2.24, 2.45) is 20.0 Å². The van der Waals surface area contributed by atoms with Gasteiger partial charge in [0, 0.05) is 20.6 Å². The van der Waals surface area contributed by atoms with Crippen molar-refractivity contribution in [3.63, 3.8) is 0 Å². The first-order valence-corrected chi connectivity index (χ1v) is 8.45. The number of hydrogen-bond donors (Lipinski definition) is 1. The van der Waals surface area contributed by atoms with Crippen LogP contribution in [0.2, 0.25) is 0 Å². The molecule has 26 heavy (non-hydrogen) atoms. The Morgan fingerprint density at radius 3 is 2.46 bits per heavy atom. The zero-order valence-corrected chi connectivity index (χ0v) is 14.6. The standard InChI is InChI=1S/C16H21F3N4O3/c1-21-9-20-12-11(21)13(24)23(14(25)22(12)2)8-5-10-3-6-15(26,7-4-10)16(17,18)19/h9-10,26H,3-8H2,1-2H3/t10-,15+. The van der Waals surface area contributed by atoms with Gasteiger partial charge in [-0.3, -0.25) is 13.9 Å². The molecule has 1 aliphatic carbocycles. The van der Waals surface area contributed by atoms with Gasteiger partial charge in [0.1, 0.15) is 0 Å². The van der Waals surface area contributed by atoms with Crippen molar-refractivity contribution in [1.29, 1.82) is 0 Å². The normalized spacial score (nSPS) is 24.3. The van der Waals surface area contributed by atoms with Crippen LogP contribution in [-0.4, -0.2) is 35.6 Å². The Morgan fingerprint density at radius 2 is 1.88 bits per heavy atom. The van der Waals surface area contributed by atoms with E-state index in [0.29, 0.717) is 17.6 Å². The third-order valence-corrected chi connectivity index (χ3v) is 5.42. The van der Waals surface area contributed by atoms with E-state index in [1.807, 2.05) is 0 Å². The van der Waals surface area contributed by atoms with Gasteiger partial charge in [-0.25, -0.2) is 9.78 Å². The number of nitrogens with zero attached hydrogens (tertiary/aromatic N) is 4. The molecule has 3 rings (SSSR count). The minimum atomic E-state index is -4.63. The molecule has 0 atom stereocenters. The van der Waals surface area contributed by atoms with Crippen LogP contribution in [0.15, 0.2) is 15.9 Å². The van der Waals surface area contributed by atoms with E-state index in [9.17, 15) is 27.9 Å². The third kappa shape index (κ3) is 2.95. The SMILES string of the molecule is Cn1cnc2c1c(=O)n(CC[C@H]1CC[C@](O)(C(F)(F)F)CC1)c(=O)n2C. The number of aryl methyl sites for hydroxylation is 2. The Labute approximate surface area is 146 Å². The van der Waals surface area contributed by atoms with Gasteiger partial charge in [0.2, 0.25) is 0 Å². The van der Waals surface area contributed by atoms with E-state index in [4.69, 9.17) is 0 Å². The van der Waals surface area contributed by atoms with Gasteiger partial charge < -0.3 is 9.67 Å². The molecule has 0 spiro atoms. The quantitative estimate of drug-likeness (QED) is 0.878. The molecule has 0 unspecified atom stereocenters. The lowest BCUT2D eigenvalue weighted by atomic mass is 9.77. The van der Waals surface area contributed by atoms with Crippen molar-refractivity contribution >= 4 is 11.2 Å². The number of hydrogen-bond acceptors (Lipinski definition) is 4. The summed E-state index contributed by atoms with van der Waals surface area (Å²) in [5, 5.41) is 9.72. The minimum Gasteiger partial charge on any atom is -0.380 e. The summed E-state index contributed by atoms with van der Waals surface area (Å²) in [7, 11) is 3.18. The molecular weight excluding hydrogens is 353 g/mol. The summed E-state index contributed by atoms with van der Waals surface area (Å²) in [6, 6.07) is 0. The molecule has 7 nitrogen and oxygen atoms in total. The molecule has 2 aromatic heterocycles. The number of fused-ring (bicyclic) bond motifs is 1. The molecule has 2 heterocycles. The van der Waals surface area contributed by atoms with Gasteiger partial charge in [-0.05, 0) is 38.0 Å². The van der Waals surface area contributed by atoms with E-state index in [1.54, 1.807) is 7.05 Å². The van der Waals surface area contributed by atoms with Crippen LogP contribution in [-0.2, 0) is 20.6 Å². The van der Waals surface area contributed by atoms with Crippen LogP contribution in [0.1, 0.15) is 32.1 Å². The van der Waals surface area contributed by atoms with Crippen molar-refractivity contribution in [2.45, 2.75) is 50.4 Å². The van der Waals surface area contributed by atoms with E-state index in [-0.39, 0.29) is 38.1 Å². The molecule has 1 N–H and O–H groups in total. The fourth-order valence-corrected chi connectivity index (χ4v) is 3.63. The molecule has 0 amide bonds. The van der Waals surface area contributed by atoms with Gasteiger partial charge in [0.25, 0.3) is 5.56 Å². The largest absolute Gasteiger partial charge is 0.417 e. The van der Waals surface area contributed by atoms with Crippen molar-refractivity contribution in [1.82, 2.24) is 18.7 Å². The van der Waals surface area contributed by atoms with E-state index in [2.05, 4.69) is 4.98 Å². The Kier molecular flexibility index (Phi) is 4.50. The minimum absolute atomic E-state index is 0.0727.